The van der Waals surface area contributed by atoms with Crippen LogP contribution in [0, 0.1) is 0 Å². The van der Waals surface area contributed by atoms with E-state index >= 15 is 0 Å². The molecule has 0 aliphatic rings. The minimum Gasteiger partial charge on any atom is -0.311 e. The molecule has 22 aromatic carbocycles. The summed E-state index contributed by atoms with van der Waals surface area (Å²) in [4.78, 5) is 0.507. The molecule has 24 rings (SSSR count). The van der Waals surface area contributed by atoms with Crippen molar-refractivity contribution >= 4 is 77.7 Å². The van der Waals surface area contributed by atoms with E-state index in [2.05, 4.69) is 0 Å². The molecule has 4 heteroatoms. The molecule has 0 amide bonds. The average Bonchev–Trinajstić information content (AvgIpc) is 1.54. The zero-order valence-electron chi connectivity index (χ0n) is 145. The van der Waals surface area contributed by atoms with Gasteiger partial charge in [0.25, 0.3) is 0 Å². The molecule has 0 spiro atoms. The number of nitrogens with zero attached hydrogens (tertiary/aromatic N) is 4. The van der Waals surface area contributed by atoms with Crippen LogP contribution in [0.15, 0.2) is 556 Å². The van der Waals surface area contributed by atoms with E-state index in [4.69, 9.17) is 50.7 Å². The Hall–Kier alpha value is -18.0. The molecule has 24 aromatic rings. The minimum atomic E-state index is -1.53. The van der Waals surface area contributed by atoms with Gasteiger partial charge in [0, 0.05) is 67.0 Å². The Morgan fingerprint density at radius 1 is 0.147 bits per heavy atom. The molecule has 0 saturated heterocycles. The Morgan fingerprint density at radius 2 is 0.419 bits per heavy atom. The molecule has 2 aromatic heterocycles. The second kappa shape index (κ2) is 37.1. The van der Waals surface area contributed by atoms with Crippen molar-refractivity contribution in [3.8, 4) is 145 Å². The summed E-state index contributed by atoms with van der Waals surface area (Å²) in [6.45, 7) is 0. The Labute approximate surface area is 900 Å². The highest BCUT2D eigenvalue weighted by molar-refractivity contribution is 6.12. The third kappa shape index (κ3) is 16.6. The lowest BCUT2D eigenvalue weighted by Crippen LogP contribution is -2.09. The van der Waals surface area contributed by atoms with Crippen LogP contribution in [-0.2, 0) is 0 Å². The highest BCUT2D eigenvalue weighted by Crippen LogP contribution is 2.46. The summed E-state index contributed by atoms with van der Waals surface area (Å²) >= 11 is 0. The van der Waals surface area contributed by atoms with Crippen LogP contribution in [-0.4, -0.2) is 9.13 Å². The van der Waals surface area contributed by atoms with Crippen LogP contribution >= 0.6 is 0 Å². The monoisotopic (exact) mass is 1810 g/mol. The van der Waals surface area contributed by atoms with Crippen molar-refractivity contribution in [2.24, 2.45) is 0 Å². The maximum absolute atomic E-state index is 9.97. The zero-order valence-corrected chi connectivity index (χ0v) is 69.0. The van der Waals surface area contributed by atoms with E-state index in [1.807, 2.05) is 83.4 Å². The number of fused-ring (bicyclic) bond motifs is 6. The first-order chi connectivity index (χ1) is 99.1. The number of hydrogen-bond donors (Lipinski definition) is 0. The van der Waals surface area contributed by atoms with Gasteiger partial charge in [0.2, 0.25) is 0 Å². The van der Waals surface area contributed by atoms with Gasteiger partial charge in [0.1, 0.15) is 0 Å². The van der Waals surface area contributed by atoms with Crippen LogP contribution in [0.25, 0.3) is 189 Å². The van der Waals surface area contributed by atoms with Crippen LogP contribution in [0.3, 0.4) is 0 Å². The first kappa shape index (κ1) is 34.6. The number of hydrogen-bond acceptors (Lipinski definition) is 2. The van der Waals surface area contributed by atoms with Gasteiger partial charge < -0.3 is 18.9 Å². The van der Waals surface area contributed by atoms with Crippen molar-refractivity contribution in [3.63, 3.8) is 0 Å². The van der Waals surface area contributed by atoms with E-state index in [0.717, 1.165) is 27.7 Å². The van der Waals surface area contributed by atoms with Crippen molar-refractivity contribution in [1.82, 2.24) is 9.13 Å². The molecule has 0 unspecified atom stereocenters. The summed E-state index contributed by atoms with van der Waals surface area (Å²) in [5, 5.41) is -0.317. The SMILES string of the molecule is [2H]c1c([2H])c([2H])c(-c2c([2H])c([2H])c(-c3c([2H])c([2H])c(N(c4c([2H])c([2H])c(-c5c([2H])c([2H])c([2H])c([2H])c5-c5c([2H])c([2H])c([2H])c([2H])c5[2H])c([2H])c4[2H])c4c([2H])c([2H])c(-c5c([2H])c([2H])c6c(c5[2H])c5c([2H])c([2H])c([2H])c([2H])c5n6-c5c([2H])c([2H])c(-c6c([2H])c([2H])c([2H])c([2H])c6[2H])c([2H])c5[2H])c([2H])c4[2H])c([2H])c3[2H])c([2H])c2[2H])c([2H])c1[2H].[2H]c1c([2H])c([2H])c(-c2c([2H])c([2H])c(-c3c([2H])c([2H])c(N(c4c([2H])c([2H])c(-c5ccc6c(c5)c5ccccc5n6-c5ccc(-c6ccccc6)cc5)c([2H])c4[2H])c4c([2H])c([2H])c(-c5c([2H])c([2H])c([2H])c([2H])c5-c5c([2H])c([2H])c([2H])c([2H])c5[2H])c([2H])c4[2H])c([2H])c3[2H])c([2H])c2[2H])c([2H])c1[2H]. The molecule has 640 valence electrons. The molecule has 2 heterocycles. The molecule has 0 saturated carbocycles. The lowest BCUT2D eigenvalue weighted by molar-refractivity contribution is 1.18. The van der Waals surface area contributed by atoms with E-state index in [1.54, 1.807) is 18.2 Å². The van der Waals surface area contributed by atoms with E-state index < -0.39 is 632 Å². The summed E-state index contributed by atoms with van der Waals surface area (Å²) < 4.78 is 695. The lowest BCUT2D eigenvalue weighted by atomic mass is 9.94. The van der Waals surface area contributed by atoms with Crippen LogP contribution < -0.4 is 9.80 Å². The van der Waals surface area contributed by atoms with Crippen LogP contribution in [0.5, 0.6) is 0 Å². The molecule has 0 radical (unpaired) electrons. The van der Waals surface area contributed by atoms with Gasteiger partial charge >= 0.3 is 0 Å². The molecule has 136 heavy (non-hydrogen) atoms. The van der Waals surface area contributed by atoms with Crippen molar-refractivity contribution in [3.05, 3.63) is 556 Å². The van der Waals surface area contributed by atoms with Gasteiger partial charge in [-0.15, -0.1) is 0 Å². The second-order valence-corrected chi connectivity index (χ2v) is 28.8. The van der Waals surface area contributed by atoms with Crippen molar-refractivity contribution < 1.29 is 104 Å². The summed E-state index contributed by atoms with van der Waals surface area (Å²) in [6, 6.07) is -56.3. The lowest BCUT2D eigenvalue weighted by Gasteiger charge is -2.26. The van der Waals surface area contributed by atoms with Crippen molar-refractivity contribution in [2.45, 2.75) is 0 Å². The summed E-state index contributed by atoms with van der Waals surface area (Å²) in [5.41, 5.74) is -25.4. The number of para-hydroxylation sites is 2. The minimum absolute atomic E-state index is 0.111. The first-order valence-corrected chi connectivity index (χ1v) is 40.5. The molecule has 4 nitrogen and oxygen atoms in total. The van der Waals surface area contributed by atoms with Crippen LogP contribution in [0.1, 0.15) is 104 Å². The predicted octanol–water partition coefficient (Wildman–Crippen LogP) is 36.5. The Morgan fingerprint density at radius 3 is 0.831 bits per heavy atom. The van der Waals surface area contributed by atoms with Crippen molar-refractivity contribution in [1.29, 1.82) is 0 Å². The third-order valence-electron chi connectivity index (χ3n) is 20.8. The molecule has 0 aliphatic carbocycles. The van der Waals surface area contributed by atoms with Gasteiger partial charge in [-0.3, -0.25) is 0 Å². The van der Waals surface area contributed by atoms with Crippen molar-refractivity contribution in [2.75, 3.05) is 9.80 Å². The van der Waals surface area contributed by atoms with Gasteiger partial charge in [-0.2, -0.15) is 0 Å². The number of benzene rings is 22. The molecule has 0 atom stereocenters. The topological polar surface area (TPSA) is 16.3 Å². The zero-order chi connectivity index (χ0) is 157. The van der Waals surface area contributed by atoms with Gasteiger partial charge in [-0.1, -0.05) is 423 Å². The highest BCUT2D eigenvalue weighted by atomic mass is 15.1. The molecule has 0 N–H and O–H groups in total. The fourth-order valence-corrected chi connectivity index (χ4v) is 14.6. The number of aromatic nitrogens is 2. The van der Waals surface area contributed by atoms with Gasteiger partial charge in [0.15, 0.2) is 0 Å². The van der Waals surface area contributed by atoms with E-state index in [0.29, 0.717) is 20.4 Å². The van der Waals surface area contributed by atoms with E-state index in [9.17, 15) is 53.5 Å². The molecular weight excluding hydrogens is 1640 g/mol. The third-order valence-corrected chi connectivity index (χ3v) is 20.8. The summed E-state index contributed by atoms with van der Waals surface area (Å²) in [7, 11) is 0. The van der Waals surface area contributed by atoms with Crippen LogP contribution in [0.4, 0.5) is 34.1 Å². The first-order valence-electron chi connectivity index (χ1n) is 78.5. The van der Waals surface area contributed by atoms with Crippen LogP contribution in [0.2, 0.25) is 0 Å². The maximum Gasteiger partial charge on any atom is 0.0645 e. The van der Waals surface area contributed by atoms with Gasteiger partial charge in [0.05, 0.1) is 126 Å². The Kier molecular flexibility index (Phi) is 9.46. The Bertz CT molecular complexity index is 13100. The highest BCUT2D eigenvalue weighted by Gasteiger charge is 2.22. The standard InChI is InChI=1S/2C66H46N2/c2*1-4-14-47(15-5-1)49-24-26-50(27-25-49)52-28-37-57(38-29-52)67(59-43-34-55(35-44-59)62-21-11-10-20-61(62)54-18-8-3-9-19-54)58-39-32-53(33-40-58)56-36-45-66-64(46-56)63-22-12-13-23-65(63)68(66)60-41-30-51(31-42-60)48-16-6-2-7-17-48/h2*1-46H/i1D,2D,3D,4D,5D,6D,7D,8D,9D,10D,11D,12D,13D,14D,15D,16D,17D,18D,19D,20D,21D,22D,23D,24D,25D,26D,27D,28D,29D,30D,31D,32D,33D,34D,35D,36D,37D,38D,39D,40D,41D,42D,43D,44D,45D,46D;1D,3D,4D,5D,8D,9D,10D,11D,14D,15D,18D,19D,20D,21D,24D,25D,26D,27D,28D,29D,32D,33D,34D,35D,37D,38D,39D,40D,43D,44D. The molecule has 0 aliphatic heterocycles. The van der Waals surface area contributed by atoms with Gasteiger partial charge in [-0.05, 0) is 267 Å². The number of rotatable bonds is 20. The maximum atomic E-state index is 9.97. The average molecular weight is 1810 g/mol. The molecule has 0 bridgehead atoms. The normalized spacial score (nSPS) is 19.1. The van der Waals surface area contributed by atoms with Gasteiger partial charge in [-0.25, -0.2) is 0 Å². The fourth-order valence-electron chi connectivity index (χ4n) is 14.6. The molecular formula is C132H92N4. The Balaban J connectivity index is 0.000000218. The molecule has 0 fully saturated rings. The predicted molar refractivity (Wildman–Crippen MR) is 576 cm³/mol. The largest absolute Gasteiger partial charge is 0.311 e. The quantitative estimate of drug-likeness (QED) is 0.0756. The smallest absolute Gasteiger partial charge is 0.0645 e. The van der Waals surface area contributed by atoms with E-state index in [1.165, 1.54) is 0 Å². The second-order valence-electron chi connectivity index (χ2n) is 28.8. The summed E-state index contributed by atoms with van der Waals surface area (Å²) in [5.74, 6) is 0. The number of anilines is 6. The van der Waals surface area contributed by atoms with E-state index in [-0.39, 0.29) is 16.0 Å². The summed E-state index contributed by atoms with van der Waals surface area (Å²) in [6.07, 6.45) is 0. The fraction of sp³-hybridized carbons (Fsp3) is 0.